The molecule has 0 radical (unpaired) electrons. The number of para-hydroxylation sites is 1. The molecule has 0 spiro atoms. The maximum absolute atomic E-state index is 11.2. The Kier molecular flexibility index (Phi) is 5.03. The fourth-order valence-corrected chi connectivity index (χ4v) is 5.49. The molecular weight excluding hydrogens is 418 g/mol. The van der Waals surface area contributed by atoms with Crippen LogP contribution in [0.15, 0.2) is 60.7 Å². The maximum Gasteiger partial charge on any atom is 0.231 e. The summed E-state index contributed by atoms with van der Waals surface area (Å²) in [6, 6.07) is 20.1. The highest BCUT2D eigenvalue weighted by Crippen LogP contribution is 2.55. The highest BCUT2D eigenvalue weighted by atomic mass is 16.7. The zero-order valence-electron chi connectivity index (χ0n) is 18.6. The molecule has 3 aliphatic heterocycles. The molecule has 170 valence electrons. The molecular formula is C27H27NO5. The highest BCUT2D eigenvalue weighted by Gasteiger charge is 2.45. The van der Waals surface area contributed by atoms with Gasteiger partial charge in [0.25, 0.3) is 0 Å². The number of rotatable bonds is 4. The summed E-state index contributed by atoms with van der Waals surface area (Å²) in [4.78, 5) is 2.43. The van der Waals surface area contributed by atoms with Crippen LogP contribution in [0.3, 0.4) is 0 Å². The van der Waals surface area contributed by atoms with Crippen LogP contribution in [0.4, 0.5) is 0 Å². The Morgan fingerprint density at radius 1 is 0.879 bits per heavy atom. The molecule has 33 heavy (non-hydrogen) atoms. The number of likely N-dealkylation sites (tertiary alicyclic amines) is 1. The molecule has 1 saturated heterocycles. The second-order valence-electron chi connectivity index (χ2n) is 8.81. The number of benzene rings is 3. The summed E-state index contributed by atoms with van der Waals surface area (Å²) < 4.78 is 23.6. The Balaban J connectivity index is 1.59. The van der Waals surface area contributed by atoms with Crippen LogP contribution in [0.5, 0.6) is 28.7 Å². The molecule has 6 heteroatoms. The fraction of sp³-hybridized carbons (Fsp3) is 0.333. The van der Waals surface area contributed by atoms with Gasteiger partial charge in [-0.05, 0) is 30.5 Å². The molecule has 3 aromatic carbocycles. The Morgan fingerprint density at radius 2 is 1.64 bits per heavy atom. The van der Waals surface area contributed by atoms with Gasteiger partial charge in [0.2, 0.25) is 6.79 Å². The Labute approximate surface area is 193 Å². The van der Waals surface area contributed by atoms with Gasteiger partial charge in [-0.1, -0.05) is 42.5 Å². The van der Waals surface area contributed by atoms with Crippen molar-refractivity contribution in [3.8, 4) is 28.7 Å². The van der Waals surface area contributed by atoms with E-state index in [4.69, 9.17) is 18.9 Å². The number of hydrogen-bond acceptors (Lipinski definition) is 6. The van der Waals surface area contributed by atoms with Crippen LogP contribution < -0.4 is 18.9 Å². The van der Waals surface area contributed by atoms with Gasteiger partial charge in [0, 0.05) is 42.1 Å². The first-order valence-corrected chi connectivity index (χ1v) is 11.5. The van der Waals surface area contributed by atoms with E-state index in [1.54, 1.807) is 13.2 Å². The van der Waals surface area contributed by atoms with Gasteiger partial charge in [0.1, 0.15) is 5.75 Å². The summed E-state index contributed by atoms with van der Waals surface area (Å²) in [7, 11) is 1.58. The zero-order valence-corrected chi connectivity index (χ0v) is 18.6. The van der Waals surface area contributed by atoms with Crippen molar-refractivity contribution in [2.75, 3.05) is 27.0 Å². The summed E-state index contributed by atoms with van der Waals surface area (Å²) in [6.07, 6.45) is 2.15. The standard InChI is InChI=1S/C27H27NO5/c1-30-20-11-7-10-18(26(20)29)25-19-14-22-23(32-16-31-22)15-21(19)33-27(28-12-5-6-13-28)24(25)17-8-3-2-4-9-17/h2-4,7-11,14-15,24-25,27,29H,5-6,12-13,16H2,1H3/t24-,25+,27-/m1/s1. The monoisotopic (exact) mass is 445 g/mol. The summed E-state index contributed by atoms with van der Waals surface area (Å²) in [6.45, 7) is 2.18. The Bertz CT molecular complexity index is 1160. The molecule has 3 aliphatic rings. The summed E-state index contributed by atoms with van der Waals surface area (Å²) in [5.74, 6) is 2.61. The normalized spacial score (nSPS) is 23.7. The molecule has 0 amide bonds. The van der Waals surface area contributed by atoms with E-state index < -0.39 is 0 Å². The van der Waals surface area contributed by atoms with Crippen molar-refractivity contribution in [2.45, 2.75) is 30.9 Å². The van der Waals surface area contributed by atoms with Gasteiger partial charge in [-0.2, -0.15) is 0 Å². The van der Waals surface area contributed by atoms with Crippen molar-refractivity contribution >= 4 is 0 Å². The molecule has 6 nitrogen and oxygen atoms in total. The van der Waals surface area contributed by atoms with Gasteiger partial charge in [-0.25, -0.2) is 0 Å². The zero-order chi connectivity index (χ0) is 22.4. The molecule has 0 saturated carbocycles. The van der Waals surface area contributed by atoms with Crippen molar-refractivity contribution in [1.82, 2.24) is 4.90 Å². The van der Waals surface area contributed by atoms with E-state index >= 15 is 0 Å². The maximum atomic E-state index is 11.2. The van der Waals surface area contributed by atoms with Crippen molar-refractivity contribution in [1.29, 1.82) is 0 Å². The van der Waals surface area contributed by atoms with Crippen molar-refractivity contribution in [2.24, 2.45) is 0 Å². The van der Waals surface area contributed by atoms with Crippen molar-refractivity contribution in [3.05, 3.63) is 77.4 Å². The third-order valence-electron chi connectivity index (χ3n) is 7.02. The molecule has 1 N–H and O–H groups in total. The van der Waals surface area contributed by atoms with E-state index in [1.807, 2.05) is 30.3 Å². The second-order valence-corrected chi connectivity index (χ2v) is 8.81. The molecule has 3 heterocycles. The summed E-state index contributed by atoms with van der Waals surface area (Å²) >= 11 is 0. The SMILES string of the molecule is COc1cccc([C@H]2c3cc4c(cc3O[C@@H](N3CCCC3)[C@@H]2c2ccccc2)OCO4)c1O. The number of phenolic OH excluding ortho intramolecular Hbond substituents is 1. The van der Waals surface area contributed by atoms with Crippen LogP contribution in [0.1, 0.15) is 41.4 Å². The fourth-order valence-electron chi connectivity index (χ4n) is 5.49. The van der Waals surface area contributed by atoms with E-state index in [0.29, 0.717) is 17.2 Å². The lowest BCUT2D eigenvalue weighted by Gasteiger charge is -2.44. The number of phenols is 1. The molecule has 3 aromatic rings. The van der Waals surface area contributed by atoms with Crippen LogP contribution in [0, 0.1) is 0 Å². The lowest BCUT2D eigenvalue weighted by molar-refractivity contribution is 0.00286. The summed E-state index contributed by atoms with van der Waals surface area (Å²) in [5.41, 5.74) is 2.97. The average molecular weight is 446 g/mol. The minimum atomic E-state index is -0.168. The molecule has 3 atom stereocenters. The first-order valence-electron chi connectivity index (χ1n) is 11.5. The van der Waals surface area contributed by atoms with Crippen LogP contribution >= 0.6 is 0 Å². The second kappa shape index (κ2) is 8.19. The minimum Gasteiger partial charge on any atom is -0.504 e. The quantitative estimate of drug-likeness (QED) is 0.619. The van der Waals surface area contributed by atoms with Crippen LogP contribution in [-0.4, -0.2) is 43.2 Å². The van der Waals surface area contributed by atoms with E-state index in [-0.39, 0.29) is 30.6 Å². The summed E-state index contributed by atoms with van der Waals surface area (Å²) in [5, 5.41) is 11.2. The smallest absolute Gasteiger partial charge is 0.231 e. The highest BCUT2D eigenvalue weighted by molar-refractivity contribution is 5.60. The molecule has 1 fully saturated rings. The molecule has 6 rings (SSSR count). The number of nitrogens with zero attached hydrogens (tertiary/aromatic N) is 1. The van der Waals surface area contributed by atoms with Gasteiger partial charge in [0.05, 0.1) is 7.11 Å². The number of fused-ring (bicyclic) bond motifs is 2. The molecule has 0 unspecified atom stereocenters. The number of aromatic hydroxyl groups is 1. The third-order valence-corrected chi connectivity index (χ3v) is 7.02. The van der Waals surface area contributed by atoms with Gasteiger partial charge in [0.15, 0.2) is 29.2 Å². The van der Waals surface area contributed by atoms with E-state index in [1.165, 1.54) is 5.56 Å². The van der Waals surface area contributed by atoms with Gasteiger partial charge in [-0.3, -0.25) is 4.90 Å². The predicted molar refractivity (Wildman–Crippen MR) is 123 cm³/mol. The first kappa shape index (κ1) is 20.2. The van der Waals surface area contributed by atoms with Crippen LogP contribution in [0.2, 0.25) is 0 Å². The number of hydrogen-bond donors (Lipinski definition) is 1. The first-order chi connectivity index (χ1) is 16.2. The minimum absolute atomic E-state index is 0.0322. The van der Waals surface area contributed by atoms with Crippen molar-refractivity contribution < 1.29 is 24.1 Å². The third kappa shape index (κ3) is 3.37. The van der Waals surface area contributed by atoms with Crippen molar-refractivity contribution in [3.63, 3.8) is 0 Å². The Morgan fingerprint density at radius 3 is 2.39 bits per heavy atom. The van der Waals surface area contributed by atoms with Gasteiger partial charge >= 0.3 is 0 Å². The molecule has 0 aliphatic carbocycles. The topological polar surface area (TPSA) is 60.4 Å². The lowest BCUT2D eigenvalue weighted by atomic mass is 9.73. The average Bonchev–Trinajstić information content (AvgIpc) is 3.54. The molecule has 0 bridgehead atoms. The number of ether oxygens (including phenoxy) is 4. The van der Waals surface area contributed by atoms with Crippen LogP contribution in [-0.2, 0) is 0 Å². The Hall–Kier alpha value is -3.38. The van der Waals surface area contributed by atoms with Gasteiger partial charge < -0.3 is 24.1 Å². The van der Waals surface area contributed by atoms with E-state index in [9.17, 15) is 5.11 Å². The van der Waals surface area contributed by atoms with E-state index in [0.717, 1.165) is 42.8 Å². The van der Waals surface area contributed by atoms with E-state index in [2.05, 4.69) is 29.2 Å². The number of methoxy groups -OCH3 is 1. The van der Waals surface area contributed by atoms with Gasteiger partial charge in [-0.15, -0.1) is 0 Å². The molecule has 0 aromatic heterocycles. The van der Waals surface area contributed by atoms with Crippen LogP contribution in [0.25, 0.3) is 0 Å². The largest absolute Gasteiger partial charge is 0.504 e. The lowest BCUT2D eigenvalue weighted by Crippen LogP contribution is -2.46. The predicted octanol–water partition coefficient (Wildman–Crippen LogP) is 4.86.